The molecule has 44 valence electrons. The van der Waals surface area contributed by atoms with Crippen molar-refractivity contribution in [1.29, 1.82) is 0 Å². The summed E-state index contributed by atoms with van der Waals surface area (Å²) in [6, 6.07) is 0. The van der Waals surface area contributed by atoms with E-state index in [9.17, 15) is 0 Å². The summed E-state index contributed by atoms with van der Waals surface area (Å²) in [6.07, 6.45) is 2.28. The van der Waals surface area contributed by atoms with Gasteiger partial charge < -0.3 is 0 Å². The molecule has 0 saturated carbocycles. The molecule has 0 amide bonds. The molecule has 0 bridgehead atoms. The van der Waals surface area contributed by atoms with Gasteiger partial charge in [-0.1, -0.05) is 0 Å². The Bertz CT molecular complexity index is 64.1. The van der Waals surface area contributed by atoms with Gasteiger partial charge in [-0.05, 0) is 0 Å². The fourth-order valence-corrected chi connectivity index (χ4v) is 10.3. The summed E-state index contributed by atoms with van der Waals surface area (Å²) in [6.45, 7) is 0. The van der Waals surface area contributed by atoms with Crippen LogP contribution in [0.1, 0.15) is 12.8 Å². The van der Waals surface area contributed by atoms with E-state index in [0.717, 1.165) is 0 Å². The van der Waals surface area contributed by atoms with Gasteiger partial charge in [0.1, 0.15) is 0 Å². The van der Waals surface area contributed by atoms with E-state index >= 15 is 0 Å². The van der Waals surface area contributed by atoms with Crippen molar-refractivity contribution in [3.63, 3.8) is 0 Å². The van der Waals surface area contributed by atoms with Gasteiger partial charge in [0.15, 0.2) is 0 Å². The van der Waals surface area contributed by atoms with Crippen LogP contribution in [0.4, 0.5) is 0 Å². The first kappa shape index (κ1) is 7.09. The van der Waals surface area contributed by atoms with Gasteiger partial charge in [-0.2, -0.15) is 0 Å². The Morgan fingerprint density at radius 3 is 1.57 bits per heavy atom. The maximum absolute atomic E-state index is 2.71. The van der Waals surface area contributed by atoms with Gasteiger partial charge in [-0.25, -0.2) is 0 Å². The Hall–Kier alpha value is 1.98. The van der Waals surface area contributed by atoms with Crippen molar-refractivity contribution in [3.05, 3.63) is 0 Å². The quantitative estimate of drug-likeness (QED) is 0.442. The van der Waals surface area contributed by atoms with Gasteiger partial charge in [-0.15, -0.1) is 0 Å². The third-order valence-corrected chi connectivity index (χ3v) is 14.0. The Morgan fingerprint density at radius 1 is 1.00 bits per heavy atom. The minimum atomic E-state index is -0.754. The third kappa shape index (κ3) is 2.37. The van der Waals surface area contributed by atoms with E-state index in [2.05, 4.69) is 40.7 Å². The van der Waals surface area contributed by atoms with Crippen LogP contribution in [-0.2, 0) is 0 Å². The van der Waals surface area contributed by atoms with E-state index in [0.29, 0.717) is 0 Å². The van der Waals surface area contributed by atoms with Gasteiger partial charge in [0.05, 0.1) is 0 Å². The molecule has 1 aliphatic heterocycles. The van der Waals surface area contributed by atoms with Gasteiger partial charge in [-0.3, -0.25) is 0 Å². The molecule has 0 N–H and O–H groups in total. The second-order valence-corrected chi connectivity index (χ2v) is 32.7. The fourth-order valence-electron chi connectivity index (χ4n) is 0.729. The number of hydrogen-bond donors (Lipinski definition) is 0. The molecule has 0 aromatic rings. The van der Waals surface area contributed by atoms with Gasteiger partial charge in [0.2, 0.25) is 0 Å². The summed E-state index contributed by atoms with van der Waals surface area (Å²) in [5, 5.41) is 3.16. The Morgan fingerprint density at radius 2 is 1.43 bits per heavy atom. The molecule has 0 spiro atoms. The standard InChI is InChI=1S/C4H8I2Se/c5-7(6)3-1-2-4-7/h1-4H2. The van der Waals surface area contributed by atoms with Crippen LogP contribution in [0.3, 0.4) is 0 Å². The van der Waals surface area contributed by atoms with E-state index in [4.69, 9.17) is 0 Å². The first-order valence-corrected chi connectivity index (χ1v) is 15.3. The SMILES string of the molecule is I[Se]1(I)CCCC1. The average Bonchev–Trinajstić information content (AvgIpc) is 1.84. The van der Waals surface area contributed by atoms with Gasteiger partial charge >= 0.3 is 70.5 Å². The molecule has 3 heteroatoms. The second kappa shape index (κ2) is 2.71. The van der Waals surface area contributed by atoms with Crippen LogP contribution in [0.25, 0.3) is 0 Å². The minimum absolute atomic E-state index is 0.754. The van der Waals surface area contributed by atoms with Crippen molar-refractivity contribution in [2.75, 3.05) is 0 Å². The zero-order chi connectivity index (χ0) is 5.33. The van der Waals surface area contributed by atoms with Crippen LogP contribution in [0.15, 0.2) is 0 Å². The number of halogens is 2. The first-order chi connectivity index (χ1) is 3.21. The average molecular weight is 389 g/mol. The molecular weight excluding hydrogens is 381 g/mol. The molecule has 0 aromatic carbocycles. The van der Waals surface area contributed by atoms with Crippen molar-refractivity contribution in [2.24, 2.45) is 0 Å². The number of rotatable bonds is 0. The van der Waals surface area contributed by atoms with Crippen molar-refractivity contribution < 1.29 is 0 Å². The summed E-state index contributed by atoms with van der Waals surface area (Å²) < 4.78 is 0. The van der Waals surface area contributed by atoms with E-state index < -0.39 is 6.35 Å². The van der Waals surface area contributed by atoms with Crippen LogP contribution in [0, 0.1) is 0 Å². The van der Waals surface area contributed by atoms with Crippen LogP contribution in [0.5, 0.6) is 0 Å². The van der Waals surface area contributed by atoms with Crippen LogP contribution in [0.2, 0.25) is 10.6 Å². The second-order valence-electron chi connectivity index (χ2n) is 1.81. The molecule has 7 heavy (non-hydrogen) atoms. The summed E-state index contributed by atoms with van der Waals surface area (Å²) in [4.78, 5) is 0. The van der Waals surface area contributed by atoms with E-state index in [1.807, 2.05) is 0 Å². The molecule has 1 rings (SSSR count). The molecule has 1 saturated heterocycles. The van der Waals surface area contributed by atoms with Gasteiger partial charge in [0, 0.05) is 0 Å². The van der Waals surface area contributed by atoms with E-state index in [1.165, 1.54) is 12.8 Å². The molecule has 1 aliphatic rings. The van der Waals surface area contributed by atoms with Crippen molar-refractivity contribution >= 4 is 47.0 Å². The summed E-state index contributed by atoms with van der Waals surface area (Å²) in [5.41, 5.74) is 0. The molecule has 0 radical (unpaired) electrons. The predicted octanol–water partition coefficient (Wildman–Crippen LogP) is 3.09. The molecule has 1 fully saturated rings. The number of hydrogen-bond acceptors (Lipinski definition) is 0. The molecule has 0 nitrogen and oxygen atoms in total. The van der Waals surface area contributed by atoms with Crippen molar-refractivity contribution in [1.82, 2.24) is 0 Å². The third-order valence-electron chi connectivity index (χ3n) is 1.14. The Labute approximate surface area is 69.5 Å². The molecule has 0 unspecified atom stereocenters. The summed E-state index contributed by atoms with van der Waals surface area (Å²) in [5.74, 6) is 0. The van der Waals surface area contributed by atoms with Crippen LogP contribution < -0.4 is 0 Å². The zero-order valence-corrected chi connectivity index (χ0v) is 10.0. The molecular formula is C4H8I2Se. The maximum atomic E-state index is 2.71. The fraction of sp³-hybridized carbons (Fsp3) is 1.00. The topological polar surface area (TPSA) is 0 Å². The van der Waals surface area contributed by atoms with Crippen molar-refractivity contribution in [2.45, 2.75) is 23.5 Å². The normalized spacial score (nSPS) is 32.9. The molecule has 0 atom stereocenters. The molecule has 1 heterocycles. The van der Waals surface area contributed by atoms with Crippen LogP contribution in [-0.4, -0.2) is 6.35 Å². The van der Waals surface area contributed by atoms with E-state index in [-0.39, 0.29) is 0 Å². The Kier molecular flexibility index (Phi) is 2.74. The predicted molar refractivity (Wildman–Crippen MR) is 52.6 cm³/mol. The van der Waals surface area contributed by atoms with Crippen LogP contribution >= 0.6 is 40.7 Å². The molecule has 0 aromatic heterocycles. The first-order valence-electron chi connectivity index (χ1n) is 2.39. The zero-order valence-electron chi connectivity index (χ0n) is 3.99. The summed E-state index contributed by atoms with van der Waals surface area (Å²) >= 11 is 5.42. The van der Waals surface area contributed by atoms with Gasteiger partial charge in [0.25, 0.3) is 0 Å². The molecule has 0 aliphatic carbocycles. The monoisotopic (exact) mass is 390 g/mol. The van der Waals surface area contributed by atoms with E-state index in [1.54, 1.807) is 10.6 Å². The summed E-state index contributed by atoms with van der Waals surface area (Å²) in [7, 11) is 0. The van der Waals surface area contributed by atoms with Crippen molar-refractivity contribution in [3.8, 4) is 0 Å². The Balaban J connectivity index is 2.40.